The van der Waals surface area contributed by atoms with Gasteiger partial charge in [-0.2, -0.15) is 4.31 Å². The van der Waals surface area contributed by atoms with Crippen molar-refractivity contribution in [1.82, 2.24) is 14.6 Å². The number of hydrogen-bond acceptors (Lipinski definition) is 5. The summed E-state index contributed by atoms with van der Waals surface area (Å²) in [4.78, 5) is 16.9. The number of rotatable bonds is 10. The summed E-state index contributed by atoms with van der Waals surface area (Å²) < 4.78 is 32.5. The minimum Gasteiger partial charge on any atom is -0.491 e. The fourth-order valence-corrected chi connectivity index (χ4v) is 4.77. The van der Waals surface area contributed by atoms with Gasteiger partial charge in [0.05, 0.1) is 11.5 Å². The number of carbonyl (C=O) groups is 1. The number of sulfonamides is 1. The van der Waals surface area contributed by atoms with Gasteiger partial charge in [-0.3, -0.25) is 9.78 Å². The van der Waals surface area contributed by atoms with Crippen LogP contribution in [0.15, 0.2) is 65.7 Å². The fourth-order valence-electron chi connectivity index (χ4n) is 3.26. The summed E-state index contributed by atoms with van der Waals surface area (Å²) in [5.74, 6) is 0.391. The molecule has 0 aliphatic rings. The first-order valence-electron chi connectivity index (χ1n) is 10.3. The van der Waals surface area contributed by atoms with Crippen LogP contribution in [0.25, 0.3) is 10.9 Å². The standard InChI is InChI=1S/C23H27N3O4S/c1-3-26(4-2)31(28,29)20-12-5-10-19(17-20)23(27)25-15-8-16-30-21-13-6-9-18-11-7-14-24-22(18)21/h5-7,9-14,17H,3-4,8,15-16H2,1-2H3,(H,25,27). The van der Waals surface area contributed by atoms with E-state index in [9.17, 15) is 13.2 Å². The highest BCUT2D eigenvalue weighted by molar-refractivity contribution is 7.89. The smallest absolute Gasteiger partial charge is 0.251 e. The molecule has 2 aromatic carbocycles. The Morgan fingerprint density at radius 1 is 1.06 bits per heavy atom. The van der Waals surface area contributed by atoms with Gasteiger partial charge < -0.3 is 10.1 Å². The van der Waals surface area contributed by atoms with Gasteiger partial charge in [-0.25, -0.2) is 8.42 Å². The Hall–Kier alpha value is -2.97. The number of pyridine rings is 1. The van der Waals surface area contributed by atoms with Crippen molar-refractivity contribution in [3.05, 3.63) is 66.4 Å². The van der Waals surface area contributed by atoms with Crippen LogP contribution in [0.5, 0.6) is 5.75 Å². The molecular formula is C23H27N3O4S. The molecule has 0 saturated carbocycles. The number of ether oxygens (including phenoxy) is 1. The van der Waals surface area contributed by atoms with Gasteiger partial charge in [-0.1, -0.05) is 38.1 Å². The first-order valence-corrected chi connectivity index (χ1v) is 11.8. The first kappa shape index (κ1) is 22.7. The molecule has 31 heavy (non-hydrogen) atoms. The molecule has 0 spiro atoms. The average Bonchev–Trinajstić information content (AvgIpc) is 2.79. The normalized spacial score (nSPS) is 11.6. The number of para-hydroxylation sites is 1. The fraction of sp³-hybridized carbons (Fsp3) is 0.304. The van der Waals surface area contributed by atoms with Crippen molar-refractivity contribution in [2.75, 3.05) is 26.2 Å². The largest absolute Gasteiger partial charge is 0.491 e. The Morgan fingerprint density at radius 2 is 1.81 bits per heavy atom. The lowest BCUT2D eigenvalue weighted by atomic mass is 10.2. The van der Waals surface area contributed by atoms with E-state index < -0.39 is 10.0 Å². The Kier molecular flexibility index (Phi) is 7.59. The van der Waals surface area contributed by atoms with Crippen molar-refractivity contribution >= 4 is 26.8 Å². The highest BCUT2D eigenvalue weighted by Gasteiger charge is 2.22. The van der Waals surface area contributed by atoms with Crippen molar-refractivity contribution in [2.45, 2.75) is 25.2 Å². The summed E-state index contributed by atoms with van der Waals surface area (Å²) in [7, 11) is -3.61. The molecule has 1 amide bonds. The van der Waals surface area contributed by atoms with Crippen molar-refractivity contribution < 1.29 is 17.9 Å². The summed E-state index contributed by atoms with van der Waals surface area (Å²) in [6.45, 7) is 5.15. The summed E-state index contributed by atoms with van der Waals surface area (Å²) >= 11 is 0. The van der Waals surface area contributed by atoms with Crippen LogP contribution in [0.2, 0.25) is 0 Å². The molecule has 0 fully saturated rings. The van der Waals surface area contributed by atoms with Crippen LogP contribution in [0.1, 0.15) is 30.6 Å². The van der Waals surface area contributed by atoms with E-state index in [-0.39, 0.29) is 10.8 Å². The Bertz CT molecular complexity index is 1140. The zero-order chi connectivity index (χ0) is 22.3. The van der Waals surface area contributed by atoms with Gasteiger partial charge in [0.15, 0.2) is 0 Å². The van der Waals surface area contributed by atoms with Gasteiger partial charge >= 0.3 is 0 Å². The molecule has 0 bridgehead atoms. The van der Waals surface area contributed by atoms with E-state index >= 15 is 0 Å². The van der Waals surface area contributed by atoms with Crippen molar-refractivity contribution in [2.24, 2.45) is 0 Å². The number of fused-ring (bicyclic) bond motifs is 1. The highest BCUT2D eigenvalue weighted by Crippen LogP contribution is 2.23. The van der Waals surface area contributed by atoms with E-state index in [0.717, 1.165) is 10.9 Å². The van der Waals surface area contributed by atoms with E-state index in [0.29, 0.717) is 44.0 Å². The van der Waals surface area contributed by atoms with Crippen LogP contribution in [0.3, 0.4) is 0 Å². The lowest BCUT2D eigenvalue weighted by molar-refractivity contribution is 0.0951. The number of nitrogens with one attached hydrogen (secondary N) is 1. The number of benzene rings is 2. The molecule has 1 aromatic heterocycles. The van der Waals surface area contributed by atoms with Crippen LogP contribution in [0, 0.1) is 0 Å². The van der Waals surface area contributed by atoms with Gasteiger partial charge in [-0.15, -0.1) is 0 Å². The maximum absolute atomic E-state index is 12.7. The molecule has 1 heterocycles. The number of nitrogens with zero attached hydrogens (tertiary/aromatic N) is 2. The molecule has 0 atom stereocenters. The van der Waals surface area contributed by atoms with Crippen LogP contribution < -0.4 is 10.1 Å². The molecule has 3 rings (SSSR count). The molecule has 1 N–H and O–H groups in total. The van der Waals surface area contributed by atoms with Crippen LogP contribution in [0.4, 0.5) is 0 Å². The lowest BCUT2D eigenvalue weighted by Gasteiger charge is -2.18. The Morgan fingerprint density at radius 3 is 2.58 bits per heavy atom. The molecule has 0 unspecified atom stereocenters. The molecule has 3 aromatic rings. The maximum Gasteiger partial charge on any atom is 0.251 e. The van der Waals surface area contributed by atoms with Crippen LogP contribution in [-0.4, -0.2) is 49.9 Å². The first-order chi connectivity index (χ1) is 15.0. The van der Waals surface area contributed by atoms with E-state index in [4.69, 9.17) is 4.74 Å². The number of aromatic nitrogens is 1. The second kappa shape index (κ2) is 10.4. The van der Waals surface area contributed by atoms with Gasteiger partial charge in [0.1, 0.15) is 11.3 Å². The van der Waals surface area contributed by atoms with Gasteiger partial charge in [-0.05, 0) is 36.8 Å². The quantitative estimate of drug-likeness (QED) is 0.487. The minimum atomic E-state index is -3.61. The predicted octanol–water partition coefficient (Wildman–Crippen LogP) is 3.46. The molecule has 0 saturated heterocycles. The summed E-state index contributed by atoms with van der Waals surface area (Å²) in [5, 5.41) is 3.82. The third-order valence-electron chi connectivity index (χ3n) is 4.90. The number of amides is 1. The molecule has 0 aliphatic heterocycles. The molecular weight excluding hydrogens is 414 g/mol. The Labute approximate surface area is 183 Å². The topological polar surface area (TPSA) is 88.6 Å². The zero-order valence-electron chi connectivity index (χ0n) is 17.7. The maximum atomic E-state index is 12.7. The average molecular weight is 442 g/mol. The van der Waals surface area contributed by atoms with E-state index in [1.54, 1.807) is 32.2 Å². The molecule has 164 valence electrons. The van der Waals surface area contributed by atoms with Gasteiger partial charge in [0.2, 0.25) is 10.0 Å². The summed E-state index contributed by atoms with van der Waals surface area (Å²) in [5.41, 5.74) is 1.12. The van der Waals surface area contributed by atoms with Crippen molar-refractivity contribution in [3.8, 4) is 5.75 Å². The third kappa shape index (κ3) is 5.39. The SMILES string of the molecule is CCN(CC)S(=O)(=O)c1cccc(C(=O)NCCCOc2cccc3cccnc23)c1. The summed E-state index contributed by atoms with van der Waals surface area (Å²) in [6.07, 6.45) is 2.33. The van der Waals surface area contributed by atoms with Crippen molar-refractivity contribution in [1.29, 1.82) is 0 Å². The second-order valence-corrected chi connectivity index (χ2v) is 8.84. The zero-order valence-corrected chi connectivity index (χ0v) is 18.6. The van der Waals surface area contributed by atoms with Crippen molar-refractivity contribution in [3.63, 3.8) is 0 Å². The molecule has 7 nitrogen and oxygen atoms in total. The second-order valence-electron chi connectivity index (χ2n) is 6.91. The molecule has 0 aliphatic carbocycles. The third-order valence-corrected chi connectivity index (χ3v) is 6.95. The highest BCUT2D eigenvalue weighted by atomic mass is 32.2. The van der Waals surface area contributed by atoms with E-state index in [1.807, 2.05) is 30.3 Å². The Balaban J connectivity index is 1.54. The summed E-state index contributed by atoms with van der Waals surface area (Å²) in [6, 6.07) is 15.7. The van der Waals surface area contributed by atoms with Crippen LogP contribution >= 0.6 is 0 Å². The van der Waals surface area contributed by atoms with Gasteiger partial charge in [0, 0.05) is 36.8 Å². The predicted molar refractivity (Wildman–Crippen MR) is 121 cm³/mol. The lowest BCUT2D eigenvalue weighted by Crippen LogP contribution is -2.31. The number of hydrogen-bond donors (Lipinski definition) is 1. The van der Waals surface area contributed by atoms with E-state index in [1.165, 1.54) is 16.4 Å². The number of carbonyl (C=O) groups excluding carboxylic acids is 1. The van der Waals surface area contributed by atoms with E-state index in [2.05, 4.69) is 10.3 Å². The van der Waals surface area contributed by atoms with Crippen LogP contribution in [-0.2, 0) is 10.0 Å². The molecule has 8 heteroatoms. The minimum absolute atomic E-state index is 0.121. The molecule has 0 radical (unpaired) electrons. The monoisotopic (exact) mass is 441 g/mol. The van der Waals surface area contributed by atoms with Gasteiger partial charge in [0.25, 0.3) is 5.91 Å².